The fraction of sp³-hybridized carbons (Fsp3) is 0.591. The van der Waals surface area contributed by atoms with Crippen LogP contribution in [0.4, 0.5) is 0 Å². The number of thiazole rings is 1. The lowest BCUT2D eigenvalue weighted by atomic mass is 10.0. The minimum Gasteiger partial charge on any atom is -0.491 e. The lowest BCUT2D eigenvalue weighted by molar-refractivity contribution is -0.143. The predicted molar refractivity (Wildman–Crippen MR) is 223 cm³/mol. The number of amides is 3. The summed E-state index contributed by atoms with van der Waals surface area (Å²) in [7, 11) is 0. The van der Waals surface area contributed by atoms with Crippen LogP contribution in [0.15, 0.2) is 48.0 Å². The fourth-order valence-corrected chi connectivity index (χ4v) is 8.19. The van der Waals surface area contributed by atoms with Crippen molar-refractivity contribution in [3.8, 4) is 16.2 Å². The molecule has 0 unspecified atom stereocenters. The minimum absolute atomic E-state index is 0.0139. The van der Waals surface area contributed by atoms with Gasteiger partial charge in [-0.2, -0.15) is 0 Å². The SMILES string of the molecule is CCCCCCCOCCOCCOCCOCCOc1cc(-c2scnc2C)ccc1CNC(=O)[C@@H]1C[C@@H](O)CN1C(=O)[C@H](C(C)C)N1Cc2ccccc2C1=O. The number of fused-ring (bicyclic) bond motifs is 1. The molecule has 13 nitrogen and oxygen atoms in total. The number of ether oxygens (including phenoxy) is 5. The summed E-state index contributed by atoms with van der Waals surface area (Å²) >= 11 is 1.54. The Labute approximate surface area is 347 Å². The standard InChI is InChI=1S/C44H62N4O9S/c1-5-6-7-8-11-16-53-17-18-54-19-20-55-21-22-56-23-24-57-39-25-33(41-32(4)46-30-58-41)14-15-34(39)27-45-42(50)38-26-36(49)29-47(38)44(52)40(31(2)3)48-28-35-12-9-10-13-37(35)43(48)51/h9-10,12-15,25,30-31,36,38,40,49H,5-8,11,16-24,26-29H2,1-4H3,(H,45,50)/t36-,38+,40+/m1/s1. The van der Waals surface area contributed by atoms with Crippen LogP contribution in [0.3, 0.4) is 0 Å². The Morgan fingerprint density at radius 1 is 0.914 bits per heavy atom. The number of hydrogen-bond donors (Lipinski definition) is 2. The van der Waals surface area contributed by atoms with E-state index in [0.29, 0.717) is 64.1 Å². The lowest BCUT2D eigenvalue weighted by Gasteiger charge is -2.35. The van der Waals surface area contributed by atoms with Gasteiger partial charge in [-0.05, 0) is 42.5 Å². The van der Waals surface area contributed by atoms with Crippen LogP contribution in [0.5, 0.6) is 5.75 Å². The number of benzene rings is 2. The van der Waals surface area contributed by atoms with Crippen LogP contribution in [0.25, 0.3) is 10.4 Å². The van der Waals surface area contributed by atoms with Gasteiger partial charge in [0.2, 0.25) is 11.8 Å². The summed E-state index contributed by atoms with van der Waals surface area (Å²) < 4.78 is 28.8. The molecule has 2 N–H and O–H groups in total. The Bertz CT molecular complexity index is 1750. The topological polar surface area (TPSA) is 149 Å². The third-order valence-electron chi connectivity index (χ3n) is 10.5. The Balaban J connectivity index is 1.08. The van der Waals surface area contributed by atoms with Gasteiger partial charge >= 0.3 is 0 Å². The smallest absolute Gasteiger partial charge is 0.255 e. The number of hydrogen-bond acceptors (Lipinski definition) is 11. The Morgan fingerprint density at radius 2 is 1.59 bits per heavy atom. The highest BCUT2D eigenvalue weighted by Crippen LogP contribution is 2.33. The number of unbranched alkanes of at least 4 members (excludes halogenated alkanes) is 4. The van der Waals surface area contributed by atoms with E-state index in [2.05, 4.69) is 17.2 Å². The molecule has 2 aromatic carbocycles. The van der Waals surface area contributed by atoms with Gasteiger partial charge in [0.25, 0.3) is 5.91 Å². The summed E-state index contributed by atoms with van der Waals surface area (Å²) in [5.74, 6) is -0.549. The molecule has 3 aromatic rings. The molecule has 14 heteroatoms. The molecule has 58 heavy (non-hydrogen) atoms. The normalized spacial score (nSPS) is 17.0. The number of aryl methyl sites for hydroxylation is 1. The van der Waals surface area contributed by atoms with Crippen LogP contribution in [-0.4, -0.2) is 122 Å². The second kappa shape index (κ2) is 23.6. The van der Waals surface area contributed by atoms with E-state index in [1.807, 2.05) is 57.2 Å². The Kier molecular flexibility index (Phi) is 18.4. The highest BCUT2D eigenvalue weighted by Gasteiger charge is 2.45. The van der Waals surface area contributed by atoms with E-state index in [0.717, 1.165) is 40.3 Å². The molecule has 3 heterocycles. The van der Waals surface area contributed by atoms with Crippen molar-refractivity contribution in [3.63, 3.8) is 0 Å². The van der Waals surface area contributed by atoms with Crippen LogP contribution >= 0.6 is 11.3 Å². The summed E-state index contributed by atoms with van der Waals surface area (Å²) in [6.07, 6.45) is 5.37. The molecule has 1 saturated heterocycles. The van der Waals surface area contributed by atoms with Crippen LogP contribution in [-0.2, 0) is 41.6 Å². The largest absolute Gasteiger partial charge is 0.491 e. The van der Waals surface area contributed by atoms with E-state index in [-0.39, 0.29) is 49.8 Å². The first-order valence-electron chi connectivity index (χ1n) is 20.8. The van der Waals surface area contributed by atoms with Gasteiger partial charge in [-0.3, -0.25) is 14.4 Å². The average molecular weight is 823 g/mol. The monoisotopic (exact) mass is 822 g/mol. The first kappa shape index (κ1) is 45.2. The zero-order chi connectivity index (χ0) is 41.3. The molecule has 2 aliphatic heterocycles. The van der Waals surface area contributed by atoms with Gasteiger partial charge in [-0.25, -0.2) is 4.98 Å². The van der Waals surface area contributed by atoms with Crippen molar-refractivity contribution in [1.82, 2.24) is 20.1 Å². The van der Waals surface area contributed by atoms with E-state index < -0.39 is 18.2 Å². The van der Waals surface area contributed by atoms with E-state index in [1.165, 1.54) is 30.6 Å². The highest BCUT2D eigenvalue weighted by molar-refractivity contribution is 7.13. The number of aliphatic hydroxyl groups is 1. The number of carbonyl (C=O) groups excluding carboxylic acids is 3. The van der Waals surface area contributed by atoms with Gasteiger partial charge in [-0.15, -0.1) is 11.3 Å². The molecular formula is C44H62N4O9S. The molecule has 0 aliphatic carbocycles. The van der Waals surface area contributed by atoms with Crippen molar-refractivity contribution in [2.75, 3.05) is 66.0 Å². The second-order valence-corrected chi connectivity index (χ2v) is 16.0. The van der Waals surface area contributed by atoms with Crippen LogP contribution in [0, 0.1) is 12.8 Å². The molecule has 0 spiro atoms. The Morgan fingerprint density at radius 3 is 2.24 bits per heavy atom. The summed E-state index contributed by atoms with van der Waals surface area (Å²) in [6.45, 7) is 12.8. The number of aliphatic hydroxyl groups excluding tert-OH is 1. The van der Waals surface area contributed by atoms with Gasteiger partial charge in [0.05, 0.1) is 68.4 Å². The van der Waals surface area contributed by atoms with Crippen LogP contribution in [0.1, 0.15) is 86.5 Å². The first-order chi connectivity index (χ1) is 28.2. The van der Waals surface area contributed by atoms with Crippen molar-refractivity contribution in [1.29, 1.82) is 0 Å². The number of β-amino-alcohol motifs (C(OH)–C–C–N with tert-alkyl or cyclic N) is 1. The van der Waals surface area contributed by atoms with Gasteiger partial charge in [0, 0.05) is 43.8 Å². The van der Waals surface area contributed by atoms with Gasteiger partial charge in [0.15, 0.2) is 0 Å². The molecule has 3 atom stereocenters. The van der Waals surface area contributed by atoms with Crippen LogP contribution in [0.2, 0.25) is 0 Å². The van der Waals surface area contributed by atoms with Crippen molar-refractivity contribution in [2.45, 2.75) is 97.5 Å². The lowest BCUT2D eigenvalue weighted by Crippen LogP contribution is -2.55. The predicted octanol–water partition coefficient (Wildman–Crippen LogP) is 5.79. The molecule has 2 aliphatic rings. The molecule has 1 fully saturated rings. The number of nitrogens with zero attached hydrogens (tertiary/aromatic N) is 3. The van der Waals surface area contributed by atoms with Crippen molar-refractivity contribution in [2.24, 2.45) is 5.92 Å². The van der Waals surface area contributed by atoms with E-state index in [9.17, 15) is 19.5 Å². The van der Waals surface area contributed by atoms with E-state index in [4.69, 9.17) is 23.7 Å². The molecular weight excluding hydrogens is 761 g/mol. The maximum atomic E-state index is 14.2. The fourth-order valence-electron chi connectivity index (χ4n) is 7.39. The maximum absolute atomic E-state index is 14.2. The Hall–Kier alpha value is -3.92. The average Bonchev–Trinajstić information content (AvgIpc) is 3.92. The number of carbonyl (C=O) groups is 3. The highest BCUT2D eigenvalue weighted by atomic mass is 32.1. The number of rotatable bonds is 26. The number of likely N-dealkylation sites (tertiary alicyclic amines) is 1. The minimum atomic E-state index is -0.890. The summed E-state index contributed by atoms with van der Waals surface area (Å²) in [5, 5.41) is 13.7. The van der Waals surface area contributed by atoms with Gasteiger partial charge in [0.1, 0.15) is 24.4 Å². The first-order valence-corrected chi connectivity index (χ1v) is 21.7. The third-order valence-corrected chi connectivity index (χ3v) is 11.4. The van der Waals surface area contributed by atoms with E-state index >= 15 is 0 Å². The molecule has 0 bridgehead atoms. The molecule has 5 rings (SSSR count). The van der Waals surface area contributed by atoms with E-state index in [1.54, 1.807) is 27.8 Å². The quantitative estimate of drug-likeness (QED) is 0.0954. The molecule has 1 aromatic heterocycles. The summed E-state index contributed by atoms with van der Waals surface area (Å²) in [4.78, 5) is 49.8. The van der Waals surface area contributed by atoms with Crippen molar-refractivity contribution in [3.05, 3.63) is 70.4 Å². The maximum Gasteiger partial charge on any atom is 0.255 e. The van der Waals surface area contributed by atoms with Gasteiger partial charge < -0.3 is 43.9 Å². The zero-order valence-electron chi connectivity index (χ0n) is 34.6. The molecule has 318 valence electrons. The van der Waals surface area contributed by atoms with Crippen molar-refractivity contribution >= 4 is 29.1 Å². The molecule has 3 amide bonds. The number of nitrogens with one attached hydrogen (secondary N) is 1. The van der Waals surface area contributed by atoms with Gasteiger partial charge in [-0.1, -0.05) is 76.8 Å². The third kappa shape index (κ3) is 12.8. The van der Waals surface area contributed by atoms with Crippen molar-refractivity contribution < 1.29 is 43.2 Å². The van der Waals surface area contributed by atoms with Crippen LogP contribution < -0.4 is 10.1 Å². The zero-order valence-corrected chi connectivity index (χ0v) is 35.4. The molecule has 0 radical (unpaired) electrons. The second-order valence-electron chi connectivity index (χ2n) is 15.2. The summed E-state index contributed by atoms with van der Waals surface area (Å²) in [6, 6.07) is 11.5. The number of aromatic nitrogens is 1. The molecule has 0 saturated carbocycles. The summed E-state index contributed by atoms with van der Waals surface area (Å²) in [5.41, 5.74) is 5.87.